The largest absolute Gasteiger partial charge is 0.493 e. The highest BCUT2D eigenvalue weighted by Gasteiger charge is 2.19. The fourth-order valence-electron chi connectivity index (χ4n) is 3.27. The molecule has 30 heavy (non-hydrogen) atoms. The van der Waals surface area contributed by atoms with E-state index in [-0.39, 0.29) is 11.6 Å². The maximum atomic E-state index is 12.6. The molecule has 9 heteroatoms. The first-order valence-corrected chi connectivity index (χ1v) is 9.56. The number of carbonyl (C=O) groups excluding carboxylic acids is 1. The van der Waals surface area contributed by atoms with Crippen LogP contribution < -0.4 is 14.4 Å². The van der Waals surface area contributed by atoms with Gasteiger partial charge >= 0.3 is 0 Å². The summed E-state index contributed by atoms with van der Waals surface area (Å²) in [5.41, 5.74) is 0.804. The summed E-state index contributed by atoms with van der Waals surface area (Å²) in [6.45, 7) is 2.53. The van der Waals surface area contributed by atoms with Crippen LogP contribution in [0.1, 0.15) is 12.0 Å². The molecule has 3 rings (SSSR count). The third-order valence-corrected chi connectivity index (χ3v) is 4.90. The smallest absolute Gasteiger partial charge is 0.287 e. The number of aromatic nitrogens is 1. The first-order chi connectivity index (χ1) is 14.5. The average Bonchev–Trinajstić information content (AvgIpc) is 3.03. The Balaban J connectivity index is 1.61. The van der Waals surface area contributed by atoms with Gasteiger partial charge in [-0.2, -0.15) is 0 Å². The van der Waals surface area contributed by atoms with Crippen LogP contribution in [0, 0.1) is 10.1 Å². The number of amides is 1. The highest BCUT2D eigenvalue weighted by molar-refractivity contribution is 5.92. The fraction of sp³-hybridized carbons (Fsp3) is 0.333. The van der Waals surface area contributed by atoms with Gasteiger partial charge in [0.2, 0.25) is 5.91 Å². The number of hydrogen-bond acceptors (Lipinski definition) is 7. The zero-order valence-corrected chi connectivity index (χ0v) is 17.0. The Kier molecular flexibility index (Phi) is 6.84. The molecular formula is C21H24N4O5. The number of nitrogens with zero attached hydrogens (tertiary/aromatic N) is 4. The first-order valence-electron chi connectivity index (χ1n) is 9.56. The topological polar surface area (TPSA) is 98.0 Å². The van der Waals surface area contributed by atoms with E-state index in [9.17, 15) is 14.9 Å². The second-order valence-electron chi connectivity index (χ2n) is 6.75. The molecular weight excluding hydrogens is 388 g/mol. The maximum absolute atomic E-state index is 12.6. The number of rotatable bonds is 6. The van der Waals surface area contributed by atoms with Crippen molar-refractivity contribution in [1.82, 2.24) is 9.88 Å². The van der Waals surface area contributed by atoms with Gasteiger partial charge in [-0.05, 0) is 36.3 Å². The normalized spacial score (nSPS) is 14.5. The van der Waals surface area contributed by atoms with E-state index in [1.54, 1.807) is 43.4 Å². The number of hydrogen-bond donors (Lipinski definition) is 0. The van der Waals surface area contributed by atoms with E-state index in [1.165, 1.54) is 12.3 Å². The van der Waals surface area contributed by atoms with E-state index in [1.807, 2.05) is 17.0 Å². The van der Waals surface area contributed by atoms with Crippen LogP contribution >= 0.6 is 0 Å². The van der Waals surface area contributed by atoms with Gasteiger partial charge in [-0.3, -0.25) is 14.9 Å². The van der Waals surface area contributed by atoms with Gasteiger partial charge in [0, 0.05) is 38.3 Å². The van der Waals surface area contributed by atoms with Crippen molar-refractivity contribution in [2.45, 2.75) is 6.42 Å². The van der Waals surface area contributed by atoms with Gasteiger partial charge in [0.1, 0.15) is 12.0 Å². The van der Waals surface area contributed by atoms with E-state index in [4.69, 9.17) is 9.47 Å². The number of anilines is 1. The van der Waals surface area contributed by atoms with Crippen molar-refractivity contribution >= 4 is 23.5 Å². The molecule has 2 heterocycles. The molecule has 1 aliphatic heterocycles. The number of methoxy groups -OCH3 is 2. The Morgan fingerprint density at radius 3 is 2.57 bits per heavy atom. The molecule has 1 amide bonds. The van der Waals surface area contributed by atoms with E-state index in [0.717, 1.165) is 18.5 Å². The quantitative estimate of drug-likeness (QED) is 0.409. The predicted octanol–water partition coefficient (Wildman–Crippen LogP) is 2.76. The van der Waals surface area contributed by atoms with Gasteiger partial charge in [-0.25, -0.2) is 4.98 Å². The average molecular weight is 412 g/mol. The summed E-state index contributed by atoms with van der Waals surface area (Å²) >= 11 is 0. The zero-order valence-electron chi connectivity index (χ0n) is 17.0. The number of carbonyl (C=O) groups is 1. The molecule has 0 radical (unpaired) electrons. The number of benzene rings is 1. The summed E-state index contributed by atoms with van der Waals surface area (Å²) in [7, 11) is 3.14. The molecule has 0 N–H and O–H groups in total. The van der Waals surface area contributed by atoms with Crippen LogP contribution in [-0.4, -0.2) is 61.1 Å². The van der Waals surface area contributed by atoms with Crippen molar-refractivity contribution < 1.29 is 19.2 Å². The van der Waals surface area contributed by atoms with Gasteiger partial charge < -0.3 is 19.3 Å². The predicted molar refractivity (Wildman–Crippen MR) is 113 cm³/mol. The molecule has 0 unspecified atom stereocenters. The van der Waals surface area contributed by atoms with E-state index < -0.39 is 4.92 Å². The van der Waals surface area contributed by atoms with Gasteiger partial charge in [0.05, 0.1) is 19.1 Å². The summed E-state index contributed by atoms with van der Waals surface area (Å²) < 4.78 is 10.5. The summed E-state index contributed by atoms with van der Waals surface area (Å²) in [6, 6.07) is 8.56. The van der Waals surface area contributed by atoms with Crippen LogP contribution in [0.3, 0.4) is 0 Å². The van der Waals surface area contributed by atoms with Gasteiger partial charge in [-0.15, -0.1) is 0 Å². The SMILES string of the molecule is COc1ccc(C=CC(=O)N2CCCN(c3ccc([N+](=O)[O-])cn3)CC2)cc1OC. The molecule has 1 aromatic carbocycles. The summed E-state index contributed by atoms with van der Waals surface area (Å²) in [5.74, 6) is 1.85. The van der Waals surface area contributed by atoms with Crippen molar-refractivity contribution in [3.63, 3.8) is 0 Å². The van der Waals surface area contributed by atoms with Crippen LogP contribution in [0.2, 0.25) is 0 Å². The molecule has 1 saturated heterocycles. The zero-order chi connectivity index (χ0) is 21.5. The molecule has 1 aromatic heterocycles. The Morgan fingerprint density at radius 2 is 1.90 bits per heavy atom. The maximum Gasteiger partial charge on any atom is 0.287 e. The van der Waals surface area contributed by atoms with Crippen molar-refractivity contribution in [1.29, 1.82) is 0 Å². The molecule has 158 valence electrons. The fourth-order valence-corrected chi connectivity index (χ4v) is 3.27. The Hall–Kier alpha value is -3.62. The highest BCUT2D eigenvalue weighted by Crippen LogP contribution is 2.28. The lowest BCUT2D eigenvalue weighted by atomic mass is 10.2. The first kappa shape index (κ1) is 21.1. The van der Waals surface area contributed by atoms with Crippen LogP contribution in [0.5, 0.6) is 11.5 Å². The molecule has 0 spiro atoms. The van der Waals surface area contributed by atoms with Crippen molar-refractivity contribution in [2.24, 2.45) is 0 Å². The second kappa shape index (κ2) is 9.73. The van der Waals surface area contributed by atoms with Gasteiger partial charge in [0.25, 0.3) is 5.69 Å². The number of pyridine rings is 1. The summed E-state index contributed by atoms with van der Waals surface area (Å²) in [4.78, 5) is 31.0. The third kappa shape index (κ3) is 5.05. The van der Waals surface area contributed by atoms with Crippen molar-refractivity contribution in [2.75, 3.05) is 45.3 Å². The van der Waals surface area contributed by atoms with Crippen LogP contribution in [0.15, 0.2) is 42.6 Å². The Bertz CT molecular complexity index is 929. The lowest BCUT2D eigenvalue weighted by Gasteiger charge is -2.22. The van der Waals surface area contributed by atoms with Crippen molar-refractivity contribution in [3.8, 4) is 11.5 Å². The highest BCUT2D eigenvalue weighted by atomic mass is 16.6. The van der Waals surface area contributed by atoms with Crippen molar-refractivity contribution in [3.05, 3.63) is 58.3 Å². The van der Waals surface area contributed by atoms with Gasteiger partial charge in [-0.1, -0.05) is 6.07 Å². The van der Waals surface area contributed by atoms with Crippen LogP contribution in [-0.2, 0) is 4.79 Å². The molecule has 0 bridgehead atoms. The summed E-state index contributed by atoms with van der Waals surface area (Å²) in [5, 5.41) is 10.8. The minimum absolute atomic E-state index is 0.0364. The Morgan fingerprint density at radius 1 is 1.10 bits per heavy atom. The monoisotopic (exact) mass is 412 g/mol. The van der Waals surface area contributed by atoms with E-state index in [2.05, 4.69) is 4.98 Å². The number of nitro groups is 1. The molecule has 2 aromatic rings. The molecule has 0 atom stereocenters. The van der Waals surface area contributed by atoms with Crippen LogP contribution in [0.4, 0.5) is 11.5 Å². The Labute approximate surface area is 174 Å². The lowest BCUT2D eigenvalue weighted by molar-refractivity contribution is -0.385. The standard InChI is InChI=1S/C21H24N4O5/c1-29-18-7-4-16(14-19(18)30-2)5-9-21(26)24-11-3-10-23(12-13-24)20-8-6-17(15-22-20)25(27)28/h4-9,14-15H,3,10-13H2,1-2H3. The molecule has 0 saturated carbocycles. The summed E-state index contributed by atoms with van der Waals surface area (Å²) in [6.07, 6.45) is 5.36. The van der Waals surface area contributed by atoms with Crippen LogP contribution in [0.25, 0.3) is 6.08 Å². The number of ether oxygens (including phenoxy) is 2. The minimum atomic E-state index is -0.468. The van der Waals surface area contributed by atoms with E-state index >= 15 is 0 Å². The third-order valence-electron chi connectivity index (χ3n) is 4.90. The molecule has 1 aliphatic rings. The molecule has 0 aliphatic carbocycles. The lowest BCUT2D eigenvalue weighted by Crippen LogP contribution is -2.34. The second-order valence-corrected chi connectivity index (χ2v) is 6.75. The molecule has 1 fully saturated rings. The van der Waals surface area contributed by atoms with E-state index in [0.29, 0.717) is 37.0 Å². The molecule has 9 nitrogen and oxygen atoms in total. The van der Waals surface area contributed by atoms with Gasteiger partial charge in [0.15, 0.2) is 11.5 Å². The minimum Gasteiger partial charge on any atom is -0.493 e.